The standard InChI is InChI=1S/C15H21N5O2/c1-9-6-20(7-10(2)17-9)15(21)13-11(3)22-14(18-13)12-5-16-19(4)8-12/h5,8-10,17H,6-7H2,1-4H3/t9-,10-/m1/s1. The van der Waals surface area contributed by atoms with Crippen LogP contribution in [0.5, 0.6) is 0 Å². The predicted octanol–water partition coefficient (Wildman–Crippen LogP) is 1.21. The van der Waals surface area contributed by atoms with Crippen molar-refractivity contribution >= 4 is 5.91 Å². The molecule has 0 unspecified atom stereocenters. The van der Waals surface area contributed by atoms with Crippen molar-refractivity contribution in [3.8, 4) is 11.5 Å². The number of hydrogen-bond acceptors (Lipinski definition) is 5. The summed E-state index contributed by atoms with van der Waals surface area (Å²) in [5.41, 5.74) is 1.16. The SMILES string of the molecule is Cc1oc(-c2cnn(C)c2)nc1C(=O)N1C[C@@H](C)N[C@H](C)C1. The summed E-state index contributed by atoms with van der Waals surface area (Å²) in [4.78, 5) is 18.9. The van der Waals surface area contributed by atoms with Crippen LogP contribution >= 0.6 is 0 Å². The molecule has 0 saturated carbocycles. The Balaban J connectivity index is 1.85. The van der Waals surface area contributed by atoms with Crippen molar-refractivity contribution in [3.63, 3.8) is 0 Å². The quantitative estimate of drug-likeness (QED) is 0.902. The normalized spacial score (nSPS) is 22.1. The number of carbonyl (C=O) groups is 1. The Morgan fingerprint density at radius 2 is 2.05 bits per heavy atom. The molecule has 1 N–H and O–H groups in total. The summed E-state index contributed by atoms with van der Waals surface area (Å²) in [7, 11) is 1.83. The van der Waals surface area contributed by atoms with Crippen LogP contribution < -0.4 is 5.32 Å². The second kappa shape index (κ2) is 5.57. The van der Waals surface area contributed by atoms with Gasteiger partial charge in [-0.25, -0.2) is 4.98 Å². The summed E-state index contributed by atoms with van der Waals surface area (Å²) in [6.07, 6.45) is 3.49. The molecule has 7 heteroatoms. The lowest BCUT2D eigenvalue weighted by molar-refractivity contribution is 0.0667. The van der Waals surface area contributed by atoms with Crippen LogP contribution in [0.4, 0.5) is 0 Å². The van der Waals surface area contributed by atoms with E-state index in [0.29, 0.717) is 30.4 Å². The molecule has 1 fully saturated rings. The summed E-state index contributed by atoms with van der Waals surface area (Å²) >= 11 is 0. The van der Waals surface area contributed by atoms with Gasteiger partial charge in [0.05, 0.1) is 11.8 Å². The lowest BCUT2D eigenvalue weighted by Gasteiger charge is -2.35. The van der Waals surface area contributed by atoms with E-state index in [1.165, 1.54) is 0 Å². The van der Waals surface area contributed by atoms with E-state index in [-0.39, 0.29) is 18.0 Å². The number of piperazine rings is 1. The fourth-order valence-electron chi connectivity index (χ4n) is 2.89. The van der Waals surface area contributed by atoms with Gasteiger partial charge in [-0.05, 0) is 20.8 Å². The highest BCUT2D eigenvalue weighted by molar-refractivity contribution is 5.93. The van der Waals surface area contributed by atoms with Crippen LogP contribution in [0, 0.1) is 6.92 Å². The van der Waals surface area contributed by atoms with E-state index in [1.807, 2.05) is 18.1 Å². The van der Waals surface area contributed by atoms with Gasteiger partial charge >= 0.3 is 0 Å². The first-order valence-electron chi connectivity index (χ1n) is 7.46. The molecule has 0 bridgehead atoms. The fourth-order valence-corrected chi connectivity index (χ4v) is 2.89. The van der Waals surface area contributed by atoms with Crippen LogP contribution in [0.2, 0.25) is 0 Å². The molecule has 2 aromatic rings. The van der Waals surface area contributed by atoms with Gasteiger partial charge in [0.25, 0.3) is 5.91 Å². The number of aromatic nitrogens is 3. The number of nitrogens with zero attached hydrogens (tertiary/aromatic N) is 4. The molecule has 0 aliphatic carbocycles. The maximum Gasteiger partial charge on any atom is 0.276 e. The van der Waals surface area contributed by atoms with E-state index in [4.69, 9.17) is 4.42 Å². The predicted molar refractivity (Wildman–Crippen MR) is 81.4 cm³/mol. The third-order valence-electron chi connectivity index (χ3n) is 3.80. The van der Waals surface area contributed by atoms with Crippen molar-refractivity contribution in [2.24, 2.45) is 7.05 Å². The summed E-state index contributed by atoms with van der Waals surface area (Å²) < 4.78 is 7.33. The van der Waals surface area contributed by atoms with E-state index in [2.05, 4.69) is 29.2 Å². The maximum absolute atomic E-state index is 12.7. The van der Waals surface area contributed by atoms with Gasteiger partial charge in [0.15, 0.2) is 5.69 Å². The summed E-state index contributed by atoms with van der Waals surface area (Å²) in [6.45, 7) is 7.28. The molecule has 0 spiro atoms. The highest BCUT2D eigenvalue weighted by Gasteiger charge is 2.29. The average Bonchev–Trinajstić information content (AvgIpc) is 3.03. The first-order chi connectivity index (χ1) is 10.4. The monoisotopic (exact) mass is 303 g/mol. The lowest BCUT2D eigenvalue weighted by Crippen LogP contribution is -2.56. The molecule has 1 saturated heterocycles. The van der Waals surface area contributed by atoms with Gasteiger partial charge in [-0.1, -0.05) is 0 Å². The molecule has 3 rings (SSSR count). The number of nitrogens with one attached hydrogen (secondary N) is 1. The van der Waals surface area contributed by atoms with Gasteiger partial charge in [0.2, 0.25) is 5.89 Å². The molecule has 2 aromatic heterocycles. The number of oxazole rings is 1. The fraction of sp³-hybridized carbons (Fsp3) is 0.533. The first kappa shape index (κ1) is 14.8. The van der Waals surface area contributed by atoms with Crippen molar-refractivity contribution < 1.29 is 9.21 Å². The van der Waals surface area contributed by atoms with E-state index in [1.54, 1.807) is 17.8 Å². The van der Waals surface area contributed by atoms with Crippen LogP contribution in [0.15, 0.2) is 16.8 Å². The van der Waals surface area contributed by atoms with Gasteiger partial charge in [-0.3, -0.25) is 9.48 Å². The Labute approximate surface area is 129 Å². The smallest absolute Gasteiger partial charge is 0.276 e. The second-order valence-electron chi connectivity index (χ2n) is 6.01. The van der Waals surface area contributed by atoms with Gasteiger partial charge in [0, 0.05) is 38.4 Å². The van der Waals surface area contributed by atoms with E-state index in [9.17, 15) is 4.79 Å². The largest absolute Gasteiger partial charge is 0.440 e. The minimum atomic E-state index is -0.0726. The molecule has 1 amide bonds. The molecule has 0 aromatic carbocycles. The number of carbonyl (C=O) groups excluding carboxylic acids is 1. The van der Waals surface area contributed by atoms with E-state index in [0.717, 1.165) is 5.56 Å². The number of rotatable bonds is 2. The number of aryl methyl sites for hydroxylation is 2. The summed E-state index contributed by atoms with van der Waals surface area (Å²) in [5.74, 6) is 0.907. The van der Waals surface area contributed by atoms with Gasteiger partial charge in [0.1, 0.15) is 5.76 Å². The molecule has 2 atom stereocenters. The second-order valence-corrected chi connectivity index (χ2v) is 6.01. The zero-order valence-corrected chi connectivity index (χ0v) is 13.3. The van der Waals surface area contributed by atoms with Crippen LogP contribution in [0.25, 0.3) is 11.5 Å². The Morgan fingerprint density at radius 1 is 1.36 bits per heavy atom. The van der Waals surface area contributed by atoms with Gasteiger partial charge in [-0.2, -0.15) is 5.10 Å². The summed E-state index contributed by atoms with van der Waals surface area (Å²) in [5, 5.41) is 7.51. The van der Waals surface area contributed by atoms with Crippen LogP contribution in [-0.2, 0) is 7.05 Å². The Bertz CT molecular complexity index is 680. The molecular formula is C15H21N5O2. The maximum atomic E-state index is 12.7. The van der Waals surface area contributed by atoms with E-state index >= 15 is 0 Å². The van der Waals surface area contributed by atoms with Crippen molar-refractivity contribution in [1.82, 2.24) is 25.0 Å². The van der Waals surface area contributed by atoms with Crippen LogP contribution in [-0.4, -0.2) is 50.7 Å². The zero-order chi connectivity index (χ0) is 15.9. The van der Waals surface area contributed by atoms with Crippen molar-refractivity contribution in [1.29, 1.82) is 0 Å². The Kier molecular flexibility index (Phi) is 3.74. The molecule has 1 aliphatic heterocycles. The van der Waals surface area contributed by atoms with Crippen molar-refractivity contribution in [2.75, 3.05) is 13.1 Å². The van der Waals surface area contributed by atoms with Crippen LogP contribution in [0.1, 0.15) is 30.1 Å². The van der Waals surface area contributed by atoms with Crippen molar-refractivity contribution in [2.45, 2.75) is 32.9 Å². The third kappa shape index (κ3) is 2.76. The van der Waals surface area contributed by atoms with Gasteiger partial charge < -0.3 is 14.6 Å². The molecule has 0 radical (unpaired) electrons. The minimum Gasteiger partial charge on any atom is -0.440 e. The lowest BCUT2D eigenvalue weighted by atomic mass is 10.1. The Morgan fingerprint density at radius 3 is 2.64 bits per heavy atom. The molecule has 118 valence electrons. The highest BCUT2D eigenvalue weighted by Crippen LogP contribution is 2.22. The molecule has 1 aliphatic rings. The van der Waals surface area contributed by atoms with Crippen LogP contribution in [0.3, 0.4) is 0 Å². The highest BCUT2D eigenvalue weighted by atomic mass is 16.4. The number of amides is 1. The average molecular weight is 303 g/mol. The van der Waals surface area contributed by atoms with Gasteiger partial charge in [-0.15, -0.1) is 0 Å². The minimum absolute atomic E-state index is 0.0726. The third-order valence-corrected chi connectivity index (χ3v) is 3.80. The number of hydrogen-bond donors (Lipinski definition) is 1. The molecular weight excluding hydrogens is 282 g/mol. The molecule has 7 nitrogen and oxygen atoms in total. The Hall–Kier alpha value is -2.15. The van der Waals surface area contributed by atoms with E-state index < -0.39 is 0 Å². The topological polar surface area (TPSA) is 76.2 Å². The summed E-state index contributed by atoms with van der Waals surface area (Å²) in [6, 6.07) is 0.551. The molecule has 3 heterocycles. The first-order valence-corrected chi connectivity index (χ1v) is 7.46. The molecule has 22 heavy (non-hydrogen) atoms. The zero-order valence-electron chi connectivity index (χ0n) is 13.3. The van der Waals surface area contributed by atoms with Crippen molar-refractivity contribution in [3.05, 3.63) is 23.8 Å².